The maximum absolute atomic E-state index is 10.9. The predicted molar refractivity (Wildman–Crippen MR) is 78.7 cm³/mol. The van der Waals surface area contributed by atoms with Gasteiger partial charge in [0.1, 0.15) is 0 Å². The van der Waals surface area contributed by atoms with Crippen LogP contribution in [0, 0.1) is 10.1 Å². The summed E-state index contributed by atoms with van der Waals surface area (Å²) in [5.74, 6) is 0. The molecule has 0 aliphatic heterocycles. The van der Waals surface area contributed by atoms with Crippen LogP contribution in [-0.2, 0) is 18.6 Å². The summed E-state index contributed by atoms with van der Waals surface area (Å²) in [6.07, 6.45) is 1.88. The number of hydrogen-bond acceptors (Lipinski definition) is 5. The molecule has 21 heavy (non-hydrogen) atoms. The lowest BCUT2D eigenvalue weighted by molar-refractivity contribution is -0.385. The van der Waals surface area contributed by atoms with E-state index in [9.17, 15) is 10.1 Å². The van der Waals surface area contributed by atoms with Gasteiger partial charge in [-0.05, 0) is 20.8 Å². The van der Waals surface area contributed by atoms with Gasteiger partial charge in [-0.1, -0.05) is 23.4 Å². The van der Waals surface area contributed by atoms with Crippen LogP contribution in [0.5, 0.6) is 0 Å². The van der Waals surface area contributed by atoms with Gasteiger partial charge in [-0.25, -0.2) is 4.68 Å². The van der Waals surface area contributed by atoms with Gasteiger partial charge in [0.2, 0.25) is 0 Å². The van der Waals surface area contributed by atoms with E-state index in [1.165, 1.54) is 6.07 Å². The predicted octanol–water partition coefficient (Wildman–Crippen LogP) is 2.23. The lowest BCUT2D eigenvalue weighted by Gasteiger charge is -2.17. The van der Waals surface area contributed by atoms with E-state index in [0.717, 1.165) is 5.69 Å². The zero-order chi connectivity index (χ0) is 15.5. The average Bonchev–Trinajstić information content (AvgIpc) is 2.88. The Morgan fingerprint density at radius 3 is 2.62 bits per heavy atom. The van der Waals surface area contributed by atoms with Crippen LogP contribution in [0.2, 0.25) is 0 Å². The van der Waals surface area contributed by atoms with Gasteiger partial charge in [0.05, 0.1) is 22.4 Å². The molecule has 1 aromatic carbocycles. The molecular weight excluding hydrogens is 270 g/mol. The molecule has 2 aromatic rings. The number of aromatic nitrogens is 3. The van der Waals surface area contributed by atoms with Crippen molar-refractivity contribution >= 4 is 5.69 Å². The van der Waals surface area contributed by atoms with Crippen molar-refractivity contribution in [3.63, 3.8) is 0 Å². The topological polar surface area (TPSA) is 85.9 Å². The minimum Gasteiger partial charge on any atom is -0.307 e. The number of nitrogens with zero attached hydrogens (tertiary/aromatic N) is 4. The molecule has 7 heteroatoms. The fraction of sp³-hybridized carbons (Fsp3) is 0.429. The molecule has 0 atom stereocenters. The summed E-state index contributed by atoms with van der Waals surface area (Å²) in [6.45, 7) is 7.08. The van der Waals surface area contributed by atoms with E-state index < -0.39 is 0 Å². The summed E-state index contributed by atoms with van der Waals surface area (Å²) in [4.78, 5) is 10.6. The highest BCUT2D eigenvalue weighted by Crippen LogP contribution is 2.17. The SMILES string of the molecule is CC(C)(C)n1cc(CNCc2ccccc2[N+](=O)[O-])nn1. The minimum atomic E-state index is -0.368. The second kappa shape index (κ2) is 6.01. The van der Waals surface area contributed by atoms with Crippen molar-refractivity contribution in [1.82, 2.24) is 20.3 Å². The average molecular weight is 289 g/mol. The van der Waals surface area contributed by atoms with E-state index in [4.69, 9.17) is 0 Å². The fourth-order valence-electron chi connectivity index (χ4n) is 1.87. The van der Waals surface area contributed by atoms with Crippen molar-refractivity contribution in [3.05, 3.63) is 51.8 Å². The molecule has 1 aromatic heterocycles. The summed E-state index contributed by atoms with van der Waals surface area (Å²) in [7, 11) is 0. The van der Waals surface area contributed by atoms with E-state index in [0.29, 0.717) is 18.7 Å². The molecule has 0 amide bonds. The molecular formula is C14H19N5O2. The summed E-state index contributed by atoms with van der Waals surface area (Å²) >= 11 is 0. The molecule has 1 heterocycles. The first-order valence-corrected chi connectivity index (χ1v) is 6.72. The number of nitrogens with one attached hydrogen (secondary N) is 1. The van der Waals surface area contributed by atoms with E-state index in [1.54, 1.807) is 22.9 Å². The number of nitro benzene ring substituents is 1. The molecule has 7 nitrogen and oxygen atoms in total. The quantitative estimate of drug-likeness (QED) is 0.674. The van der Waals surface area contributed by atoms with Gasteiger partial charge in [-0.2, -0.15) is 0 Å². The molecule has 0 aliphatic carbocycles. The van der Waals surface area contributed by atoms with Gasteiger partial charge in [0.25, 0.3) is 5.69 Å². The molecule has 0 saturated carbocycles. The van der Waals surface area contributed by atoms with Crippen molar-refractivity contribution in [2.24, 2.45) is 0 Å². The maximum Gasteiger partial charge on any atom is 0.273 e. The Bertz CT molecular complexity index is 630. The highest BCUT2D eigenvalue weighted by Gasteiger charge is 2.15. The first-order chi connectivity index (χ1) is 9.88. The first-order valence-electron chi connectivity index (χ1n) is 6.72. The molecule has 112 valence electrons. The Morgan fingerprint density at radius 1 is 1.29 bits per heavy atom. The van der Waals surface area contributed by atoms with Gasteiger partial charge >= 0.3 is 0 Å². The summed E-state index contributed by atoms with van der Waals surface area (Å²) < 4.78 is 1.80. The van der Waals surface area contributed by atoms with Crippen molar-refractivity contribution < 1.29 is 4.92 Å². The lowest BCUT2D eigenvalue weighted by Crippen LogP contribution is -2.22. The Morgan fingerprint density at radius 2 is 2.00 bits per heavy atom. The monoisotopic (exact) mass is 289 g/mol. The first kappa shape index (κ1) is 15.1. The largest absolute Gasteiger partial charge is 0.307 e. The van der Waals surface area contributed by atoms with E-state index >= 15 is 0 Å². The van der Waals surface area contributed by atoms with Crippen LogP contribution >= 0.6 is 0 Å². The zero-order valence-corrected chi connectivity index (χ0v) is 12.4. The van der Waals surface area contributed by atoms with Crippen molar-refractivity contribution in [1.29, 1.82) is 0 Å². The van der Waals surface area contributed by atoms with Crippen LogP contribution in [0.25, 0.3) is 0 Å². The van der Waals surface area contributed by atoms with Crippen molar-refractivity contribution in [2.75, 3.05) is 0 Å². The highest BCUT2D eigenvalue weighted by molar-refractivity contribution is 5.39. The van der Waals surface area contributed by atoms with Crippen LogP contribution in [0.4, 0.5) is 5.69 Å². The van der Waals surface area contributed by atoms with Gasteiger partial charge in [-0.3, -0.25) is 10.1 Å². The number of rotatable bonds is 5. The number of benzene rings is 1. The van der Waals surface area contributed by atoms with Crippen LogP contribution in [0.1, 0.15) is 32.0 Å². The Hall–Kier alpha value is -2.28. The second-order valence-electron chi connectivity index (χ2n) is 5.81. The maximum atomic E-state index is 10.9. The Balaban J connectivity index is 1.96. The van der Waals surface area contributed by atoms with Crippen molar-refractivity contribution in [2.45, 2.75) is 39.4 Å². The molecule has 0 fully saturated rings. The number of nitro groups is 1. The third kappa shape index (κ3) is 3.85. The summed E-state index contributed by atoms with van der Waals surface area (Å²) in [6, 6.07) is 6.71. The van der Waals surface area contributed by atoms with E-state index in [1.807, 2.05) is 27.0 Å². The van der Waals surface area contributed by atoms with Crippen LogP contribution < -0.4 is 5.32 Å². The lowest BCUT2D eigenvalue weighted by atomic mass is 10.1. The number of para-hydroxylation sites is 1. The fourth-order valence-corrected chi connectivity index (χ4v) is 1.87. The van der Waals surface area contributed by atoms with E-state index in [-0.39, 0.29) is 16.1 Å². The zero-order valence-electron chi connectivity index (χ0n) is 12.4. The van der Waals surface area contributed by atoms with Gasteiger partial charge in [0, 0.05) is 24.7 Å². The van der Waals surface area contributed by atoms with Gasteiger partial charge < -0.3 is 5.32 Å². The van der Waals surface area contributed by atoms with Crippen LogP contribution in [0.3, 0.4) is 0 Å². The molecule has 0 aliphatic rings. The van der Waals surface area contributed by atoms with Crippen LogP contribution in [0.15, 0.2) is 30.5 Å². The second-order valence-corrected chi connectivity index (χ2v) is 5.81. The Kier molecular flexibility index (Phi) is 4.32. The van der Waals surface area contributed by atoms with Crippen molar-refractivity contribution in [3.8, 4) is 0 Å². The van der Waals surface area contributed by atoms with Gasteiger partial charge in [-0.15, -0.1) is 5.10 Å². The van der Waals surface area contributed by atoms with Crippen LogP contribution in [-0.4, -0.2) is 19.9 Å². The molecule has 1 N–H and O–H groups in total. The summed E-state index contributed by atoms with van der Waals surface area (Å²) in [5.41, 5.74) is 1.49. The highest BCUT2D eigenvalue weighted by atomic mass is 16.6. The van der Waals surface area contributed by atoms with E-state index in [2.05, 4.69) is 15.6 Å². The third-order valence-electron chi connectivity index (χ3n) is 3.04. The molecule has 0 unspecified atom stereocenters. The Labute approximate surface area is 123 Å². The molecule has 0 bridgehead atoms. The minimum absolute atomic E-state index is 0.108. The van der Waals surface area contributed by atoms with Gasteiger partial charge in [0.15, 0.2) is 0 Å². The molecule has 0 radical (unpaired) electrons. The summed E-state index contributed by atoms with van der Waals surface area (Å²) in [5, 5.41) is 22.2. The smallest absolute Gasteiger partial charge is 0.273 e. The molecule has 2 rings (SSSR count). The third-order valence-corrected chi connectivity index (χ3v) is 3.04. The molecule has 0 saturated heterocycles. The standard InChI is InChI=1S/C14H19N5O2/c1-14(2,3)18-10-12(16-17-18)9-15-8-11-6-4-5-7-13(11)19(20)21/h4-7,10,15H,8-9H2,1-3H3. The normalized spacial score (nSPS) is 11.6. The molecule has 0 spiro atoms. The number of hydrogen-bond donors (Lipinski definition) is 1.